The number of rotatable bonds is 7. The Morgan fingerprint density at radius 2 is 1.41 bits per heavy atom. The van der Waals surface area contributed by atoms with Crippen molar-refractivity contribution in [2.24, 2.45) is 17.8 Å². The number of anilines is 3. The molecule has 3 aromatic carbocycles. The number of allylic oxidation sites excluding steroid dienone is 2. The molecule has 3 fully saturated rings. The van der Waals surface area contributed by atoms with Crippen LogP contribution in [0.25, 0.3) is 0 Å². The van der Waals surface area contributed by atoms with Gasteiger partial charge in [-0.3, -0.25) is 39.4 Å². The zero-order valence-electron chi connectivity index (χ0n) is 29.5. The fraction of sp³-hybridized carbons (Fsp3) is 0.314. The van der Waals surface area contributed by atoms with Gasteiger partial charge in [-0.15, -0.1) is 23.2 Å². The van der Waals surface area contributed by atoms with E-state index < -0.39 is 137 Å². The first-order valence-electron chi connectivity index (χ1n) is 16.6. The van der Waals surface area contributed by atoms with Crippen LogP contribution in [0, 0.1) is 67.1 Å². The highest BCUT2D eigenvalue weighted by Crippen LogP contribution is 2.66. The summed E-state index contributed by atoms with van der Waals surface area (Å²) < 4.78 is 79.1. The highest BCUT2D eigenvalue weighted by molar-refractivity contribution is 9.10. The van der Waals surface area contributed by atoms with E-state index in [9.17, 15) is 57.7 Å². The van der Waals surface area contributed by atoms with Crippen LogP contribution in [0.4, 0.5) is 50.4 Å². The van der Waals surface area contributed by atoms with Crippen LogP contribution in [0.1, 0.15) is 24.3 Å². The molecule has 2 aliphatic carbocycles. The van der Waals surface area contributed by atoms with E-state index in [1.165, 1.54) is 26.2 Å². The Labute approximate surface area is 339 Å². The second kappa shape index (κ2) is 13.6. The summed E-state index contributed by atoms with van der Waals surface area (Å²) in [7, 11) is 3.74. The Bertz CT molecular complexity index is 2450. The molecule has 0 unspecified atom stereocenters. The number of phenolic OH excluding ortho intramolecular Hbond substituents is 1. The second-order valence-corrected chi connectivity index (χ2v) is 16.1. The third-order valence-corrected chi connectivity index (χ3v) is 13.0. The van der Waals surface area contributed by atoms with Crippen molar-refractivity contribution >= 4 is 91.2 Å². The van der Waals surface area contributed by atoms with Crippen LogP contribution in [0.3, 0.4) is 0 Å². The Balaban J connectivity index is 1.44. The van der Waals surface area contributed by atoms with Crippen LogP contribution in [0.5, 0.6) is 11.5 Å². The first kappa shape index (κ1) is 40.8. The molecule has 0 aromatic heterocycles. The molecule has 0 spiro atoms. The number of nitro groups is 2. The minimum absolute atomic E-state index is 0.0375. The summed E-state index contributed by atoms with van der Waals surface area (Å²) in [6.07, 6.45) is 0.204. The number of hydrogen-bond acceptors (Lipinski definition) is 11. The van der Waals surface area contributed by atoms with E-state index in [2.05, 4.69) is 15.9 Å². The lowest BCUT2D eigenvalue weighted by Crippen LogP contribution is -2.60. The molecule has 4 amide bonds. The number of phenols is 1. The van der Waals surface area contributed by atoms with Crippen LogP contribution in [0.15, 0.2) is 40.4 Å². The Hall–Kier alpha value is -5.41. The van der Waals surface area contributed by atoms with Gasteiger partial charge < -0.3 is 14.7 Å². The third kappa shape index (κ3) is 5.27. The van der Waals surface area contributed by atoms with Gasteiger partial charge in [0.15, 0.2) is 50.2 Å². The lowest BCUT2D eigenvalue weighted by Gasteiger charge is -2.50. The van der Waals surface area contributed by atoms with Gasteiger partial charge >= 0.3 is 11.4 Å². The van der Waals surface area contributed by atoms with Gasteiger partial charge in [-0.2, -0.15) is 0 Å². The molecule has 0 bridgehead atoms. The van der Waals surface area contributed by atoms with Crippen LogP contribution < -0.4 is 19.4 Å². The number of ether oxygens (including phenoxy) is 1. The van der Waals surface area contributed by atoms with Crippen LogP contribution in [-0.4, -0.2) is 69.5 Å². The van der Waals surface area contributed by atoms with E-state index in [4.69, 9.17) is 27.9 Å². The number of carbonyl (C=O) groups is 4. The molecular weight excluding hydrogens is 896 g/mol. The van der Waals surface area contributed by atoms with Gasteiger partial charge in [0.25, 0.3) is 11.8 Å². The molecule has 2 aliphatic heterocycles. The number of carbonyl (C=O) groups excluding carboxylic acids is 4. The van der Waals surface area contributed by atoms with Gasteiger partial charge in [0.2, 0.25) is 17.6 Å². The van der Waals surface area contributed by atoms with Crippen molar-refractivity contribution in [1.29, 1.82) is 0 Å². The van der Waals surface area contributed by atoms with Gasteiger partial charge in [0.1, 0.15) is 5.69 Å². The number of halogens is 8. The van der Waals surface area contributed by atoms with Crippen molar-refractivity contribution in [3.8, 4) is 11.5 Å². The summed E-state index contributed by atoms with van der Waals surface area (Å²) in [4.78, 5) is 75.4. The topological polar surface area (TPSA) is 194 Å². The highest BCUT2D eigenvalue weighted by Gasteiger charge is 2.77. The SMILES string of the molecule is COc1cc([C@H]2C3=CC[C@@H]4C(=O)N(c5cc([N+](=O)[O-])c(N(C)C)c([N+](=O)[O-])c5)C(=O)[C@@H]4[C@@H]3C[C@@]3(Cl)C(=O)N(c4c(F)c(F)c(F)c(F)c4F)C(=O)[C@@]23Cl)cc(Br)c1O. The molecule has 2 heterocycles. The largest absolute Gasteiger partial charge is 0.503 e. The standard InChI is InChI=1S/C35H23BrCl2F5N5O10/c1-44(2)27-17(47(54)55)8-12(9-18(27)48(56)57)45-30(50)14-5-4-13-15(20(14)31(45)51)10-34(37)32(52)46(28-25(42)23(40)22(39)24(41)26(28)43)33(53)35(34,38)21(13)11-6-16(36)29(49)19(7-11)58-3/h4,6-9,14-15,20-21,49H,5,10H2,1-3H3/t14-,15+,20-,21-,34+,35-/m0/s1. The molecule has 23 heteroatoms. The van der Waals surface area contributed by atoms with Crippen LogP contribution >= 0.6 is 39.1 Å². The number of nitro benzene ring substituents is 2. The lowest BCUT2D eigenvalue weighted by molar-refractivity contribution is -0.392. The van der Waals surface area contributed by atoms with Gasteiger partial charge in [-0.05, 0) is 52.4 Å². The molecule has 15 nitrogen and oxygen atoms in total. The fourth-order valence-electron chi connectivity index (χ4n) is 8.57. The van der Waals surface area contributed by atoms with E-state index in [1.54, 1.807) is 0 Å². The number of benzene rings is 3. The smallest absolute Gasteiger partial charge is 0.301 e. The number of nitrogens with zero attached hydrogens (tertiary/aromatic N) is 5. The summed E-state index contributed by atoms with van der Waals surface area (Å²) in [5.41, 5.74) is -4.69. The molecule has 1 N–H and O–H groups in total. The second-order valence-electron chi connectivity index (χ2n) is 14.0. The zero-order chi connectivity index (χ0) is 42.8. The predicted molar refractivity (Wildman–Crippen MR) is 195 cm³/mol. The first-order chi connectivity index (χ1) is 27.1. The van der Waals surface area contributed by atoms with Gasteiger partial charge in [0.05, 0.1) is 39.0 Å². The number of imide groups is 2. The van der Waals surface area contributed by atoms with Crippen LogP contribution in [0.2, 0.25) is 0 Å². The number of alkyl halides is 2. The summed E-state index contributed by atoms with van der Waals surface area (Å²) in [6.45, 7) is 0. The van der Waals surface area contributed by atoms with E-state index in [-0.39, 0.29) is 32.7 Å². The minimum Gasteiger partial charge on any atom is -0.503 e. The molecule has 3 aromatic rings. The van der Waals surface area contributed by atoms with E-state index in [1.807, 2.05) is 0 Å². The number of fused-ring (bicyclic) bond motifs is 4. The molecule has 6 atom stereocenters. The predicted octanol–water partition coefficient (Wildman–Crippen LogP) is 6.51. The third-order valence-electron chi connectivity index (χ3n) is 11.0. The van der Waals surface area contributed by atoms with Crippen molar-refractivity contribution in [3.63, 3.8) is 0 Å². The number of methoxy groups -OCH3 is 1. The van der Waals surface area contributed by atoms with Crippen molar-refractivity contribution in [2.75, 3.05) is 35.9 Å². The molecule has 2 saturated heterocycles. The normalized spacial score (nSPS) is 26.4. The molecule has 58 heavy (non-hydrogen) atoms. The van der Waals surface area contributed by atoms with Crippen molar-refractivity contribution in [2.45, 2.75) is 28.5 Å². The summed E-state index contributed by atoms with van der Waals surface area (Å²) >= 11 is 17.4. The lowest BCUT2D eigenvalue weighted by atomic mass is 9.56. The number of amides is 4. The summed E-state index contributed by atoms with van der Waals surface area (Å²) in [5, 5.41) is 34.9. The summed E-state index contributed by atoms with van der Waals surface area (Å²) in [6, 6.07) is 3.94. The number of aromatic hydroxyl groups is 1. The molecule has 7 rings (SSSR count). The average Bonchev–Trinajstić information content (AvgIpc) is 3.51. The maximum Gasteiger partial charge on any atom is 0.301 e. The monoisotopic (exact) mass is 917 g/mol. The summed E-state index contributed by atoms with van der Waals surface area (Å²) in [5.74, 6) is -25.0. The maximum atomic E-state index is 15.4. The maximum absolute atomic E-state index is 15.4. The fourth-order valence-corrected chi connectivity index (χ4v) is 9.96. The Morgan fingerprint density at radius 1 is 0.862 bits per heavy atom. The molecular formula is C35H23BrCl2F5N5O10. The molecule has 1 saturated carbocycles. The van der Waals surface area contributed by atoms with Gasteiger partial charge in [-0.1, -0.05) is 11.6 Å². The Kier molecular flexibility index (Phi) is 9.55. The van der Waals surface area contributed by atoms with E-state index in [0.717, 1.165) is 30.2 Å². The Morgan fingerprint density at radius 3 is 1.93 bits per heavy atom. The van der Waals surface area contributed by atoms with E-state index >= 15 is 8.78 Å². The van der Waals surface area contributed by atoms with Crippen molar-refractivity contribution in [3.05, 3.63) is 95.3 Å². The highest BCUT2D eigenvalue weighted by atomic mass is 79.9. The first-order valence-corrected chi connectivity index (χ1v) is 18.2. The quantitative estimate of drug-likeness (QED) is 0.0397. The number of hydrogen-bond donors (Lipinski definition) is 1. The van der Waals surface area contributed by atoms with Crippen molar-refractivity contribution in [1.82, 2.24) is 0 Å². The molecule has 0 radical (unpaired) electrons. The zero-order valence-corrected chi connectivity index (χ0v) is 32.6. The van der Waals surface area contributed by atoms with E-state index in [0.29, 0.717) is 4.90 Å². The minimum atomic E-state index is -2.89. The van der Waals surface area contributed by atoms with Gasteiger partial charge in [-0.25, -0.2) is 31.8 Å². The average molecular weight is 919 g/mol. The molecule has 304 valence electrons. The van der Waals surface area contributed by atoms with Crippen LogP contribution in [-0.2, 0) is 19.2 Å². The van der Waals surface area contributed by atoms with Crippen molar-refractivity contribution < 1.29 is 60.8 Å². The molecule has 4 aliphatic rings. The van der Waals surface area contributed by atoms with Gasteiger partial charge in [0, 0.05) is 32.1 Å².